The lowest BCUT2D eigenvalue weighted by molar-refractivity contribution is -0.127. The third kappa shape index (κ3) is 3.74. The summed E-state index contributed by atoms with van der Waals surface area (Å²) in [5.41, 5.74) is 0.369. The first-order valence-corrected chi connectivity index (χ1v) is 11.1. The maximum atomic E-state index is 13.6. The van der Waals surface area contributed by atoms with Crippen molar-refractivity contribution in [3.8, 4) is 5.75 Å². The predicted molar refractivity (Wildman–Crippen MR) is 117 cm³/mol. The molecule has 2 bridgehead atoms. The number of amides is 1. The van der Waals surface area contributed by atoms with Crippen LogP contribution >= 0.6 is 11.6 Å². The van der Waals surface area contributed by atoms with Gasteiger partial charge in [-0.15, -0.1) is 10.2 Å². The highest BCUT2D eigenvalue weighted by Crippen LogP contribution is 2.51. The second kappa shape index (κ2) is 7.88. The Kier molecular flexibility index (Phi) is 5.16. The van der Waals surface area contributed by atoms with Crippen LogP contribution in [0, 0.1) is 11.7 Å². The lowest BCUT2D eigenvalue weighted by Gasteiger charge is -2.57. The van der Waals surface area contributed by atoms with Crippen molar-refractivity contribution in [3.05, 3.63) is 47.8 Å². The number of anilines is 1. The first-order valence-electron chi connectivity index (χ1n) is 10.7. The van der Waals surface area contributed by atoms with Crippen molar-refractivity contribution >= 4 is 29.0 Å². The Labute approximate surface area is 189 Å². The van der Waals surface area contributed by atoms with Crippen LogP contribution in [0.15, 0.2) is 36.9 Å². The molecule has 32 heavy (non-hydrogen) atoms. The standard InChI is InChI=1S/C22H24ClFN6O2/c1-14-11-21(27-18(31)12-32-15-2-3-16(23)17(24)10-15)4-6-22(14,7-5-21)28-19-20-29-26-13-30(20)9-8-25-19/h2-3,8-10,13-14H,4-7,11-12H2,1H3,(H,25,28)(H,27,31)/t14-,21?,22?/m1/s1. The van der Waals surface area contributed by atoms with Crippen molar-refractivity contribution in [3.63, 3.8) is 0 Å². The number of carbonyl (C=O) groups excluding carboxylic acids is 1. The molecule has 1 atom stereocenters. The van der Waals surface area contributed by atoms with Gasteiger partial charge in [0.2, 0.25) is 5.65 Å². The minimum atomic E-state index is -0.572. The summed E-state index contributed by atoms with van der Waals surface area (Å²) in [7, 11) is 0. The molecule has 10 heteroatoms. The fourth-order valence-electron chi connectivity index (χ4n) is 5.21. The molecule has 3 aliphatic rings. The van der Waals surface area contributed by atoms with E-state index in [-0.39, 0.29) is 34.4 Å². The molecule has 3 aromatic rings. The van der Waals surface area contributed by atoms with E-state index >= 15 is 0 Å². The van der Waals surface area contributed by atoms with Crippen molar-refractivity contribution in [2.45, 2.75) is 50.1 Å². The van der Waals surface area contributed by atoms with E-state index in [2.05, 4.69) is 32.7 Å². The number of nitrogens with one attached hydrogen (secondary N) is 2. The number of rotatable bonds is 6. The van der Waals surface area contributed by atoms with Gasteiger partial charge in [-0.05, 0) is 50.2 Å². The van der Waals surface area contributed by atoms with Gasteiger partial charge in [0.25, 0.3) is 5.91 Å². The lowest BCUT2D eigenvalue weighted by Crippen LogP contribution is -2.65. The SMILES string of the molecule is C[C@@H]1CC2(NC(=O)COc3ccc(Cl)c(F)c3)CCC1(Nc1nccn3cnnc13)CC2. The highest BCUT2D eigenvalue weighted by molar-refractivity contribution is 6.30. The molecule has 1 aromatic carbocycles. The number of carbonyl (C=O) groups is 1. The first-order chi connectivity index (χ1) is 15.4. The molecule has 0 radical (unpaired) electrons. The summed E-state index contributed by atoms with van der Waals surface area (Å²) in [4.78, 5) is 17.1. The molecule has 0 saturated heterocycles. The molecule has 2 aromatic heterocycles. The van der Waals surface area contributed by atoms with Gasteiger partial charge in [-0.3, -0.25) is 9.20 Å². The molecule has 3 fully saturated rings. The molecule has 3 aliphatic carbocycles. The van der Waals surface area contributed by atoms with Crippen LogP contribution in [0.1, 0.15) is 39.0 Å². The van der Waals surface area contributed by atoms with Gasteiger partial charge in [-0.25, -0.2) is 9.37 Å². The third-order valence-corrected chi connectivity index (χ3v) is 7.29. The topological polar surface area (TPSA) is 93.4 Å². The summed E-state index contributed by atoms with van der Waals surface area (Å²) in [6.45, 7) is 2.04. The average molecular weight is 459 g/mol. The maximum absolute atomic E-state index is 13.6. The lowest BCUT2D eigenvalue weighted by atomic mass is 9.56. The fraction of sp³-hybridized carbons (Fsp3) is 0.455. The van der Waals surface area contributed by atoms with E-state index in [1.165, 1.54) is 12.1 Å². The van der Waals surface area contributed by atoms with Crippen LogP contribution < -0.4 is 15.4 Å². The molecule has 1 amide bonds. The maximum Gasteiger partial charge on any atom is 0.258 e. The molecule has 3 saturated carbocycles. The number of nitrogens with zero attached hydrogens (tertiary/aromatic N) is 4. The van der Waals surface area contributed by atoms with E-state index in [1.807, 2.05) is 10.6 Å². The van der Waals surface area contributed by atoms with Gasteiger partial charge < -0.3 is 15.4 Å². The molecule has 6 rings (SSSR count). The van der Waals surface area contributed by atoms with E-state index in [0.29, 0.717) is 11.6 Å². The Bertz CT molecular complexity index is 1160. The highest BCUT2D eigenvalue weighted by Gasteiger charge is 2.53. The number of benzene rings is 1. The summed E-state index contributed by atoms with van der Waals surface area (Å²) in [5, 5.41) is 15.0. The van der Waals surface area contributed by atoms with Gasteiger partial charge >= 0.3 is 0 Å². The Morgan fingerprint density at radius 2 is 2.16 bits per heavy atom. The minimum Gasteiger partial charge on any atom is -0.484 e. The first kappa shape index (κ1) is 20.9. The number of hydrogen-bond acceptors (Lipinski definition) is 6. The number of aromatic nitrogens is 4. The van der Waals surface area contributed by atoms with E-state index in [9.17, 15) is 9.18 Å². The summed E-state index contributed by atoms with van der Waals surface area (Å²) < 4.78 is 20.9. The second-order valence-electron chi connectivity index (χ2n) is 8.92. The van der Waals surface area contributed by atoms with E-state index in [0.717, 1.165) is 37.9 Å². The number of ether oxygens (including phenoxy) is 1. The van der Waals surface area contributed by atoms with Crippen LogP contribution in [-0.2, 0) is 4.79 Å². The molecular formula is C22H24ClFN6O2. The molecule has 0 unspecified atom stereocenters. The smallest absolute Gasteiger partial charge is 0.258 e. The Morgan fingerprint density at radius 1 is 1.34 bits per heavy atom. The zero-order chi connectivity index (χ0) is 22.3. The molecule has 2 N–H and O–H groups in total. The highest BCUT2D eigenvalue weighted by atomic mass is 35.5. The van der Waals surface area contributed by atoms with E-state index < -0.39 is 5.82 Å². The number of fused-ring (bicyclic) bond motifs is 4. The minimum absolute atomic E-state index is 0.0200. The van der Waals surface area contributed by atoms with Crippen molar-refractivity contribution in [2.24, 2.45) is 5.92 Å². The van der Waals surface area contributed by atoms with Crippen LogP contribution in [-0.4, -0.2) is 43.2 Å². The van der Waals surface area contributed by atoms with Gasteiger partial charge in [0.1, 0.15) is 17.9 Å². The number of halogens is 2. The second-order valence-corrected chi connectivity index (χ2v) is 9.32. The van der Waals surface area contributed by atoms with Gasteiger partial charge in [-0.2, -0.15) is 0 Å². The van der Waals surface area contributed by atoms with Gasteiger partial charge in [0.15, 0.2) is 12.4 Å². The van der Waals surface area contributed by atoms with Crippen LogP contribution in [0.25, 0.3) is 5.65 Å². The molecule has 2 heterocycles. The van der Waals surface area contributed by atoms with Gasteiger partial charge in [0, 0.05) is 29.5 Å². The molecular weight excluding hydrogens is 435 g/mol. The Hall–Kier alpha value is -2.94. The quantitative estimate of drug-likeness (QED) is 0.586. The van der Waals surface area contributed by atoms with E-state index in [1.54, 1.807) is 18.6 Å². The van der Waals surface area contributed by atoms with Crippen LogP contribution in [0.5, 0.6) is 5.75 Å². The Balaban J connectivity index is 1.22. The van der Waals surface area contributed by atoms with Crippen molar-refractivity contribution < 1.29 is 13.9 Å². The summed E-state index contributed by atoms with van der Waals surface area (Å²) in [6, 6.07) is 4.14. The largest absolute Gasteiger partial charge is 0.484 e. The predicted octanol–water partition coefficient (Wildman–Crippen LogP) is 3.62. The van der Waals surface area contributed by atoms with Crippen LogP contribution in [0.2, 0.25) is 5.02 Å². The van der Waals surface area contributed by atoms with Crippen LogP contribution in [0.3, 0.4) is 0 Å². The zero-order valence-corrected chi connectivity index (χ0v) is 18.4. The van der Waals surface area contributed by atoms with Crippen molar-refractivity contribution in [2.75, 3.05) is 11.9 Å². The normalized spacial score (nSPS) is 26.8. The van der Waals surface area contributed by atoms with Gasteiger partial charge in [0.05, 0.1) is 5.02 Å². The summed E-state index contributed by atoms with van der Waals surface area (Å²) >= 11 is 5.69. The average Bonchev–Trinajstić information content (AvgIpc) is 3.26. The third-order valence-electron chi connectivity index (χ3n) is 6.99. The monoisotopic (exact) mass is 458 g/mol. The Morgan fingerprint density at radius 3 is 2.91 bits per heavy atom. The molecule has 168 valence electrons. The summed E-state index contributed by atoms with van der Waals surface area (Å²) in [6.07, 6.45) is 9.63. The molecule has 0 aliphatic heterocycles. The van der Waals surface area contributed by atoms with Crippen molar-refractivity contribution in [1.29, 1.82) is 0 Å². The summed E-state index contributed by atoms with van der Waals surface area (Å²) in [5.74, 6) is 0.556. The zero-order valence-electron chi connectivity index (χ0n) is 17.6. The molecule has 8 nitrogen and oxygen atoms in total. The van der Waals surface area contributed by atoms with Crippen LogP contribution in [0.4, 0.5) is 10.2 Å². The number of hydrogen-bond donors (Lipinski definition) is 2. The van der Waals surface area contributed by atoms with E-state index in [4.69, 9.17) is 16.3 Å². The van der Waals surface area contributed by atoms with Gasteiger partial charge in [-0.1, -0.05) is 18.5 Å². The van der Waals surface area contributed by atoms with Crippen molar-refractivity contribution in [1.82, 2.24) is 24.9 Å². The molecule has 0 spiro atoms. The fourth-order valence-corrected chi connectivity index (χ4v) is 5.32.